The number of methoxy groups -OCH3 is 1. The lowest BCUT2D eigenvalue weighted by Gasteiger charge is -2.36. The number of carbonyl (C=O) groups excluding carboxylic acids is 1. The highest BCUT2D eigenvalue weighted by Crippen LogP contribution is 2.28. The first-order chi connectivity index (χ1) is 8.69. The van der Waals surface area contributed by atoms with Crippen LogP contribution >= 0.6 is 0 Å². The van der Waals surface area contributed by atoms with Gasteiger partial charge in [0.2, 0.25) is 0 Å². The quantitative estimate of drug-likeness (QED) is 0.770. The fourth-order valence-electron chi connectivity index (χ4n) is 3.50. The zero-order valence-electron chi connectivity index (χ0n) is 11.9. The Hall–Kier alpha value is -0.410. The number of hydrogen-bond acceptors (Lipinski definition) is 3. The molecule has 1 aliphatic heterocycles. The largest absolute Gasteiger partial charge is 0.384 e. The summed E-state index contributed by atoms with van der Waals surface area (Å²) >= 11 is 0. The van der Waals surface area contributed by atoms with Crippen molar-refractivity contribution in [2.24, 2.45) is 17.8 Å². The van der Waals surface area contributed by atoms with E-state index in [9.17, 15) is 4.79 Å². The van der Waals surface area contributed by atoms with Crippen molar-refractivity contribution >= 4 is 5.78 Å². The number of likely N-dealkylation sites (tertiary alicyclic amines) is 1. The molecule has 0 spiro atoms. The third-order valence-corrected chi connectivity index (χ3v) is 4.51. The Labute approximate surface area is 111 Å². The average molecular weight is 253 g/mol. The van der Waals surface area contributed by atoms with Crippen molar-refractivity contribution in [3.05, 3.63) is 0 Å². The second-order valence-corrected chi connectivity index (χ2v) is 6.27. The van der Waals surface area contributed by atoms with Gasteiger partial charge in [0.1, 0.15) is 5.78 Å². The van der Waals surface area contributed by atoms with E-state index < -0.39 is 0 Å². The van der Waals surface area contributed by atoms with Crippen LogP contribution in [-0.2, 0) is 9.53 Å². The van der Waals surface area contributed by atoms with Crippen LogP contribution in [-0.4, -0.2) is 44.0 Å². The minimum atomic E-state index is 0.301. The lowest BCUT2D eigenvalue weighted by Crippen LogP contribution is -2.42. The van der Waals surface area contributed by atoms with Crippen molar-refractivity contribution in [1.82, 2.24) is 4.90 Å². The van der Waals surface area contributed by atoms with Gasteiger partial charge in [-0.1, -0.05) is 6.92 Å². The molecule has 2 fully saturated rings. The van der Waals surface area contributed by atoms with Gasteiger partial charge in [-0.3, -0.25) is 4.79 Å². The Morgan fingerprint density at radius 1 is 1.39 bits per heavy atom. The highest BCUT2D eigenvalue weighted by Gasteiger charge is 2.29. The molecular weight excluding hydrogens is 226 g/mol. The molecule has 2 aliphatic rings. The van der Waals surface area contributed by atoms with Crippen molar-refractivity contribution in [3.63, 3.8) is 0 Å². The number of ketones is 1. The van der Waals surface area contributed by atoms with Gasteiger partial charge in [0.15, 0.2) is 0 Å². The maximum atomic E-state index is 12.0. The van der Waals surface area contributed by atoms with E-state index >= 15 is 0 Å². The number of nitrogens with zero attached hydrogens (tertiary/aromatic N) is 1. The fourth-order valence-corrected chi connectivity index (χ4v) is 3.50. The Morgan fingerprint density at radius 2 is 2.22 bits per heavy atom. The van der Waals surface area contributed by atoms with E-state index in [1.54, 1.807) is 7.11 Å². The summed E-state index contributed by atoms with van der Waals surface area (Å²) in [6.45, 7) is 6.42. The van der Waals surface area contributed by atoms with E-state index in [1.165, 1.54) is 19.4 Å². The molecule has 3 atom stereocenters. The van der Waals surface area contributed by atoms with Crippen molar-refractivity contribution in [3.8, 4) is 0 Å². The Bertz CT molecular complexity index is 278. The molecule has 1 saturated carbocycles. The van der Waals surface area contributed by atoms with Crippen molar-refractivity contribution < 1.29 is 9.53 Å². The van der Waals surface area contributed by atoms with Crippen LogP contribution in [0.5, 0.6) is 0 Å². The molecule has 104 valence electrons. The summed E-state index contributed by atoms with van der Waals surface area (Å²) in [7, 11) is 1.78. The third kappa shape index (κ3) is 3.79. The average Bonchev–Trinajstić information content (AvgIpc) is 2.35. The molecule has 0 radical (unpaired) electrons. The van der Waals surface area contributed by atoms with Gasteiger partial charge >= 0.3 is 0 Å². The van der Waals surface area contributed by atoms with E-state index in [0.717, 1.165) is 44.9 Å². The predicted octanol–water partition coefficient (Wildman–Crippen LogP) is 2.35. The molecule has 0 N–H and O–H groups in total. The molecule has 1 saturated heterocycles. The summed E-state index contributed by atoms with van der Waals surface area (Å²) in [5.41, 5.74) is 0. The molecule has 3 unspecified atom stereocenters. The maximum absolute atomic E-state index is 12.0. The molecule has 3 heteroatoms. The van der Waals surface area contributed by atoms with Crippen LogP contribution in [0.4, 0.5) is 0 Å². The van der Waals surface area contributed by atoms with E-state index in [0.29, 0.717) is 17.6 Å². The molecule has 0 aromatic carbocycles. The van der Waals surface area contributed by atoms with Gasteiger partial charge in [-0.25, -0.2) is 0 Å². The standard InChI is InChI=1S/C15H27NO2/c1-12-5-6-15(17)14(8-12)10-16-7-3-4-13(9-16)11-18-2/h12-14H,3-11H2,1-2H3. The monoisotopic (exact) mass is 253 g/mol. The SMILES string of the molecule is COCC1CCCN(CC2CC(C)CCC2=O)C1. The molecular formula is C15H27NO2. The molecule has 3 nitrogen and oxygen atoms in total. The zero-order chi connectivity index (χ0) is 13.0. The van der Waals surface area contributed by atoms with Gasteiger partial charge in [-0.2, -0.15) is 0 Å². The Morgan fingerprint density at radius 3 is 3.00 bits per heavy atom. The summed E-state index contributed by atoms with van der Waals surface area (Å²) < 4.78 is 5.26. The molecule has 1 heterocycles. The van der Waals surface area contributed by atoms with E-state index in [-0.39, 0.29) is 0 Å². The van der Waals surface area contributed by atoms with Gasteiger partial charge in [-0.05, 0) is 44.1 Å². The summed E-state index contributed by atoms with van der Waals surface area (Å²) in [5.74, 6) is 2.20. The highest BCUT2D eigenvalue weighted by atomic mass is 16.5. The fraction of sp³-hybridized carbons (Fsp3) is 0.933. The van der Waals surface area contributed by atoms with E-state index in [1.807, 2.05) is 0 Å². The number of Topliss-reactive ketones (excluding diaryl/α,β-unsaturated/α-hetero) is 1. The van der Waals surface area contributed by atoms with Gasteiger partial charge < -0.3 is 9.64 Å². The smallest absolute Gasteiger partial charge is 0.137 e. The second-order valence-electron chi connectivity index (χ2n) is 6.27. The van der Waals surface area contributed by atoms with Crippen LogP contribution in [0, 0.1) is 17.8 Å². The second kappa shape index (κ2) is 6.67. The van der Waals surface area contributed by atoms with Crippen LogP contribution in [0.25, 0.3) is 0 Å². The third-order valence-electron chi connectivity index (χ3n) is 4.51. The van der Waals surface area contributed by atoms with E-state index in [2.05, 4.69) is 11.8 Å². The maximum Gasteiger partial charge on any atom is 0.137 e. The van der Waals surface area contributed by atoms with Gasteiger partial charge in [0.25, 0.3) is 0 Å². The van der Waals surface area contributed by atoms with Gasteiger partial charge in [0, 0.05) is 32.5 Å². The summed E-state index contributed by atoms with van der Waals surface area (Å²) in [5, 5.41) is 0. The topological polar surface area (TPSA) is 29.5 Å². The summed E-state index contributed by atoms with van der Waals surface area (Å²) in [4.78, 5) is 14.5. The molecule has 0 aromatic rings. The van der Waals surface area contributed by atoms with Crippen LogP contribution in [0.3, 0.4) is 0 Å². The van der Waals surface area contributed by atoms with Crippen LogP contribution in [0.15, 0.2) is 0 Å². The number of rotatable bonds is 4. The minimum Gasteiger partial charge on any atom is -0.384 e. The van der Waals surface area contributed by atoms with Gasteiger partial charge in [-0.15, -0.1) is 0 Å². The first-order valence-electron chi connectivity index (χ1n) is 7.43. The number of piperidine rings is 1. The zero-order valence-corrected chi connectivity index (χ0v) is 11.9. The normalized spacial score (nSPS) is 34.8. The molecule has 0 amide bonds. The first-order valence-corrected chi connectivity index (χ1v) is 7.43. The molecule has 0 aromatic heterocycles. The van der Waals surface area contributed by atoms with Crippen LogP contribution < -0.4 is 0 Å². The predicted molar refractivity (Wildman–Crippen MR) is 72.6 cm³/mol. The first kappa shape index (κ1) is 14.0. The van der Waals surface area contributed by atoms with Crippen molar-refractivity contribution in [2.45, 2.75) is 39.0 Å². The summed E-state index contributed by atoms with van der Waals surface area (Å²) in [6.07, 6.45) is 5.54. The lowest BCUT2D eigenvalue weighted by molar-refractivity contribution is -0.126. The summed E-state index contributed by atoms with van der Waals surface area (Å²) in [6, 6.07) is 0. The van der Waals surface area contributed by atoms with Crippen LogP contribution in [0.2, 0.25) is 0 Å². The number of hydrogen-bond donors (Lipinski definition) is 0. The Balaban J connectivity index is 1.82. The van der Waals surface area contributed by atoms with Crippen molar-refractivity contribution in [1.29, 1.82) is 0 Å². The minimum absolute atomic E-state index is 0.301. The molecule has 0 bridgehead atoms. The van der Waals surface area contributed by atoms with Crippen LogP contribution in [0.1, 0.15) is 39.0 Å². The molecule has 18 heavy (non-hydrogen) atoms. The Kier molecular flexibility index (Phi) is 5.19. The number of ether oxygens (including phenoxy) is 1. The van der Waals surface area contributed by atoms with Crippen molar-refractivity contribution in [2.75, 3.05) is 33.4 Å². The van der Waals surface area contributed by atoms with Gasteiger partial charge in [0.05, 0.1) is 6.61 Å². The number of carbonyl (C=O) groups is 1. The molecule has 2 rings (SSSR count). The highest BCUT2D eigenvalue weighted by molar-refractivity contribution is 5.81. The lowest BCUT2D eigenvalue weighted by atomic mass is 9.81. The molecule has 1 aliphatic carbocycles. The van der Waals surface area contributed by atoms with E-state index in [4.69, 9.17) is 4.74 Å².